The van der Waals surface area contributed by atoms with E-state index < -0.39 is 24.0 Å². The first kappa shape index (κ1) is 43.3. The Morgan fingerprint density at radius 3 is 1.41 bits per heavy atom. The fourth-order valence-corrected chi connectivity index (χ4v) is 9.71. The third-order valence-corrected chi connectivity index (χ3v) is 13.2. The molecular weight excluding hydrogens is 789 g/mol. The number of aromatic amines is 2. The van der Waals surface area contributed by atoms with Crippen molar-refractivity contribution in [3.05, 3.63) is 69.3 Å². The van der Waals surface area contributed by atoms with Gasteiger partial charge in [0.1, 0.15) is 0 Å². The number of thiol groups is 2. The van der Waals surface area contributed by atoms with Crippen molar-refractivity contribution in [1.82, 2.24) is 19.9 Å². The summed E-state index contributed by atoms with van der Waals surface area (Å²) in [4.78, 5) is 66.9. The predicted octanol–water partition coefficient (Wildman–Crippen LogP) is 7.68. The highest BCUT2D eigenvalue weighted by Gasteiger charge is 2.26. The average Bonchev–Trinajstić information content (AvgIpc) is 3.81. The minimum atomic E-state index is -0.944. The zero-order valence-electron chi connectivity index (χ0n) is 32.1. The van der Waals surface area contributed by atoms with Crippen molar-refractivity contribution >= 4 is 115 Å². The largest absolute Gasteiger partial charge is 0.481 e. The molecule has 2 unspecified atom stereocenters. The maximum atomic E-state index is 13.1. The Kier molecular flexibility index (Phi) is 14.1. The zero-order valence-corrected chi connectivity index (χ0v) is 35.6. The van der Waals surface area contributed by atoms with Crippen molar-refractivity contribution in [3.8, 4) is 0 Å². The van der Waals surface area contributed by atoms with Crippen LogP contribution in [0.1, 0.15) is 109 Å². The topological polar surface area (TPSA) is 218 Å². The predicted molar refractivity (Wildman–Crippen MR) is 235 cm³/mol. The zero-order chi connectivity index (χ0) is 41.2. The summed E-state index contributed by atoms with van der Waals surface area (Å²) in [5.74, 6) is -1.46. The number of allylic oxidation sites excluding steroid dienone is 4. The number of rotatable bonds is 14. The van der Waals surface area contributed by atoms with Crippen LogP contribution < -0.4 is 11.5 Å². The molecule has 0 fully saturated rings. The third-order valence-electron chi connectivity index (χ3n) is 10.2. The smallest absolute Gasteiger partial charge is 0.303 e. The van der Waals surface area contributed by atoms with Gasteiger partial charge in [0.2, 0.25) is 10.2 Å². The molecule has 298 valence electrons. The van der Waals surface area contributed by atoms with Gasteiger partial charge in [-0.2, -0.15) is 25.3 Å². The van der Waals surface area contributed by atoms with Gasteiger partial charge in [-0.15, -0.1) is 0 Å². The van der Waals surface area contributed by atoms with Gasteiger partial charge in [-0.1, -0.05) is 23.5 Å². The van der Waals surface area contributed by atoms with Gasteiger partial charge in [-0.05, 0) is 123 Å². The summed E-state index contributed by atoms with van der Waals surface area (Å²) in [5.41, 5.74) is 24.2. The van der Waals surface area contributed by atoms with Crippen LogP contribution in [0.4, 0.5) is 0 Å². The molecule has 3 aromatic heterocycles. The number of carboxylic acid groups (broad SMARTS) is 2. The summed E-state index contributed by atoms with van der Waals surface area (Å²) < 4.78 is 0. The number of carboxylic acids is 2. The first-order chi connectivity index (χ1) is 26.4. The van der Waals surface area contributed by atoms with E-state index in [0.717, 1.165) is 84.6 Å². The van der Waals surface area contributed by atoms with Crippen LogP contribution in [0.25, 0.3) is 44.4 Å². The fraction of sp³-hybridized carbons (Fsp3) is 0.400. The molecule has 2 aliphatic heterocycles. The van der Waals surface area contributed by atoms with Crippen LogP contribution in [0.3, 0.4) is 0 Å². The first-order valence-electron chi connectivity index (χ1n) is 18.2. The highest BCUT2D eigenvalue weighted by atomic mass is 32.2. The van der Waals surface area contributed by atoms with E-state index in [1.165, 1.54) is 0 Å². The quantitative estimate of drug-likeness (QED) is 0.0734. The molecule has 0 saturated heterocycles. The number of carbonyl (C=O) groups excluding carboxylic acids is 2. The normalized spacial score (nSPS) is 15.2. The second kappa shape index (κ2) is 18.2. The molecule has 5 heterocycles. The van der Waals surface area contributed by atoms with Crippen LogP contribution in [0.5, 0.6) is 0 Å². The SMILES string of the molecule is CC1=C(CCC(=O)O)c2cc3nc(cc4[nH]c(cc5[nH]c(cc1n2)c(C)c5C(C)SC(=O)[C@@H](N)CS)c(C)c4C(C)SC(=O)[C@@H](N)CS)C(C)=C3CCC(=O)O. The molecule has 4 atom stereocenters. The first-order valence-corrected chi connectivity index (χ1v) is 21.2. The van der Waals surface area contributed by atoms with Crippen molar-refractivity contribution in [3.63, 3.8) is 0 Å². The lowest BCUT2D eigenvalue weighted by atomic mass is 9.98. The van der Waals surface area contributed by atoms with E-state index in [2.05, 4.69) is 35.2 Å². The molecule has 0 radical (unpaired) electrons. The van der Waals surface area contributed by atoms with Gasteiger partial charge in [0, 0.05) is 56.9 Å². The highest BCUT2D eigenvalue weighted by Crippen LogP contribution is 2.42. The lowest BCUT2D eigenvalue weighted by molar-refractivity contribution is -0.137. The second-order valence-corrected chi connectivity index (χ2v) is 17.5. The number of aromatic nitrogens is 4. The third kappa shape index (κ3) is 9.32. The summed E-state index contributed by atoms with van der Waals surface area (Å²) >= 11 is 10.7. The van der Waals surface area contributed by atoms with E-state index in [1.54, 1.807) is 0 Å². The van der Waals surface area contributed by atoms with Crippen LogP contribution in [-0.2, 0) is 19.2 Å². The number of aliphatic carboxylic acids is 2. The molecule has 0 aromatic carbocycles. The van der Waals surface area contributed by atoms with Gasteiger partial charge >= 0.3 is 11.9 Å². The number of aryl methyl sites for hydroxylation is 2. The maximum Gasteiger partial charge on any atom is 0.303 e. The van der Waals surface area contributed by atoms with Gasteiger partial charge in [-0.3, -0.25) is 19.2 Å². The monoisotopic (exact) mass is 836 g/mol. The lowest BCUT2D eigenvalue weighted by Gasteiger charge is -2.14. The highest BCUT2D eigenvalue weighted by molar-refractivity contribution is 8.14. The van der Waals surface area contributed by atoms with E-state index in [0.29, 0.717) is 28.3 Å². The van der Waals surface area contributed by atoms with Crippen molar-refractivity contribution < 1.29 is 29.4 Å². The number of thioether (sulfide) groups is 2. The summed E-state index contributed by atoms with van der Waals surface area (Å²) in [6, 6.07) is 6.20. The number of hydrogen-bond acceptors (Lipinski definition) is 12. The average molecular weight is 837 g/mol. The number of carbonyl (C=O) groups is 4. The van der Waals surface area contributed by atoms with Gasteiger partial charge in [-0.25, -0.2) is 9.97 Å². The standard InChI is InChI=1S/C40H48N6O6S4/c1-17-23(7-9-35(47)48)31-14-32-24(8-10-36(49)50)18(2)28(44-32)12-33-38(22(6)56-40(52)26(42)16-54)20(4)30(46-33)13-34-37(21(5)55-39(51)25(41)15-53)19(3)29(45-34)11-27(17)43-31/h11-14,21-22,25-26,45-46,53-54H,7-10,15-16,41-42H2,1-6H3,(H,47,48)(H,49,50)/t21?,22?,25-,26-/m0/s1. The molecular formula is C40H48N6O6S4. The van der Waals surface area contributed by atoms with Crippen molar-refractivity contribution in [2.24, 2.45) is 11.5 Å². The molecule has 0 amide bonds. The van der Waals surface area contributed by atoms with E-state index >= 15 is 0 Å². The Hall–Kier alpha value is -3.80. The number of nitrogens with two attached hydrogens (primary N) is 2. The Morgan fingerprint density at radius 1 is 0.643 bits per heavy atom. The summed E-state index contributed by atoms with van der Waals surface area (Å²) in [6.45, 7) is 11.7. The van der Waals surface area contributed by atoms with Crippen LogP contribution in [-0.4, -0.2) is 75.9 Å². The lowest BCUT2D eigenvalue weighted by Crippen LogP contribution is -2.30. The molecule has 8 bridgehead atoms. The Balaban J connectivity index is 1.92. The minimum Gasteiger partial charge on any atom is -0.481 e. The number of fused-ring (bicyclic) bond motifs is 8. The van der Waals surface area contributed by atoms with E-state index in [4.69, 9.17) is 21.4 Å². The van der Waals surface area contributed by atoms with Gasteiger partial charge in [0.25, 0.3) is 0 Å². The summed E-state index contributed by atoms with van der Waals surface area (Å²) in [6.07, 6.45) is 0.226. The number of H-pyrrole nitrogens is 2. The molecule has 5 rings (SSSR count). The minimum absolute atomic E-state index is 0.109. The summed E-state index contributed by atoms with van der Waals surface area (Å²) in [7, 11) is 0. The molecule has 12 nitrogen and oxygen atoms in total. The molecule has 8 N–H and O–H groups in total. The van der Waals surface area contributed by atoms with Gasteiger partial charge in [0.15, 0.2) is 0 Å². The number of nitrogens with zero attached hydrogens (tertiary/aromatic N) is 2. The van der Waals surface area contributed by atoms with Crippen LogP contribution in [0, 0.1) is 13.8 Å². The van der Waals surface area contributed by atoms with Crippen molar-refractivity contribution in [2.45, 2.75) is 89.8 Å². The summed E-state index contributed by atoms with van der Waals surface area (Å²) in [5, 5.41) is 18.3. The number of nitrogens with one attached hydrogen (secondary N) is 2. The second-order valence-electron chi connectivity index (χ2n) is 14.1. The van der Waals surface area contributed by atoms with E-state index in [-0.39, 0.29) is 57.9 Å². The van der Waals surface area contributed by atoms with Crippen LogP contribution in [0.2, 0.25) is 0 Å². The van der Waals surface area contributed by atoms with Crippen LogP contribution in [0.15, 0.2) is 24.3 Å². The van der Waals surface area contributed by atoms with Crippen LogP contribution >= 0.6 is 48.8 Å². The van der Waals surface area contributed by atoms with Crippen molar-refractivity contribution in [2.75, 3.05) is 11.5 Å². The van der Waals surface area contributed by atoms with Gasteiger partial charge < -0.3 is 31.6 Å². The van der Waals surface area contributed by atoms with Gasteiger partial charge in [0.05, 0.1) is 34.9 Å². The molecule has 16 heteroatoms. The Labute approximate surface area is 345 Å². The van der Waals surface area contributed by atoms with E-state index in [9.17, 15) is 29.4 Å². The molecule has 0 spiro atoms. The van der Waals surface area contributed by atoms with E-state index in [1.807, 2.05) is 65.8 Å². The molecule has 0 saturated carbocycles. The number of hydrogen-bond donors (Lipinski definition) is 8. The Bertz CT molecular complexity index is 2330. The maximum absolute atomic E-state index is 13.1. The van der Waals surface area contributed by atoms with Crippen molar-refractivity contribution in [1.29, 1.82) is 0 Å². The molecule has 2 aliphatic rings. The molecule has 56 heavy (non-hydrogen) atoms. The molecule has 3 aromatic rings. The Morgan fingerprint density at radius 2 is 1.02 bits per heavy atom. The molecule has 0 aliphatic carbocycles. The fourth-order valence-electron chi connectivity index (χ4n) is 7.08.